The maximum atomic E-state index is 12.7. The van der Waals surface area contributed by atoms with E-state index in [2.05, 4.69) is 42.5 Å². The number of anilines is 2. The summed E-state index contributed by atoms with van der Waals surface area (Å²) in [6.07, 6.45) is 0. The first kappa shape index (κ1) is 18.4. The van der Waals surface area contributed by atoms with Crippen LogP contribution in [0.4, 0.5) is 11.4 Å². The van der Waals surface area contributed by atoms with E-state index in [4.69, 9.17) is 0 Å². The minimum atomic E-state index is -0.352. The van der Waals surface area contributed by atoms with Crippen molar-refractivity contribution in [3.05, 3.63) is 92.9 Å². The number of amides is 2. The van der Waals surface area contributed by atoms with Gasteiger partial charge in [-0.2, -0.15) is 0 Å². The second-order valence-electron chi connectivity index (χ2n) is 5.41. The summed E-state index contributed by atoms with van der Waals surface area (Å²) >= 11 is 6.80. The number of para-hydroxylation sites is 2. The van der Waals surface area contributed by atoms with E-state index >= 15 is 0 Å². The van der Waals surface area contributed by atoms with Gasteiger partial charge in [0.2, 0.25) is 0 Å². The van der Waals surface area contributed by atoms with Crippen molar-refractivity contribution in [3.8, 4) is 0 Å². The van der Waals surface area contributed by atoms with Gasteiger partial charge in [-0.3, -0.25) is 9.59 Å². The fraction of sp³-hybridized carbons (Fsp3) is 0. The molecule has 2 amide bonds. The number of hydrogen-bond acceptors (Lipinski definition) is 2. The second-order valence-corrected chi connectivity index (χ2v) is 7.12. The fourth-order valence-electron chi connectivity index (χ4n) is 2.38. The maximum absolute atomic E-state index is 12.7. The van der Waals surface area contributed by atoms with Crippen molar-refractivity contribution in [1.29, 1.82) is 0 Å². The van der Waals surface area contributed by atoms with E-state index in [1.807, 2.05) is 36.4 Å². The first-order valence-electron chi connectivity index (χ1n) is 7.77. The lowest BCUT2D eigenvalue weighted by Crippen LogP contribution is -2.20. The lowest BCUT2D eigenvalue weighted by Gasteiger charge is -2.12. The Morgan fingerprint density at radius 1 is 0.577 bits per heavy atom. The summed E-state index contributed by atoms with van der Waals surface area (Å²) in [5, 5.41) is 5.64. The van der Waals surface area contributed by atoms with E-state index in [0.29, 0.717) is 22.5 Å². The van der Waals surface area contributed by atoms with Crippen molar-refractivity contribution >= 4 is 55.0 Å². The van der Waals surface area contributed by atoms with Gasteiger partial charge in [0, 0.05) is 8.95 Å². The average Bonchev–Trinajstić information content (AvgIpc) is 2.65. The Balaban J connectivity index is 1.86. The first-order chi connectivity index (χ1) is 12.6. The van der Waals surface area contributed by atoms with Crippen molar-refractivity contribution in [1.82, 2.24) is 0 Å². The highest BCUT2D eigenvalue weighted by molar-refractivity contribution is 9.11. The highest BCUT2D eigenvalue weighted by Gasteiger charge is 2.18. The number of rotatable bonds is 4. The van der Waals surface area contributed by atoms with Crippen LogP contribution in [0.3, 0.4) is 0 Å². The van der Waals surface area contributed by atoms with Crippen LogP contribution in [0.15, 0.2) is 81.7 Å². The molecular weight excluding hydrogens is 460 g/mol. The molecule has 0 aromatic heterocycles. The Morgan fingerprint density at radius 2 is 0.923 bits per heavy atom. The van der Waals surface area contributed by atoms with Gasteiger partial charge in [0.1, 0.15) is 0 Å². The third-order valence-corrected chi connectivity index (χ3v) is 5.04. The van der Waals surface area contributed by atoms with Gasteiger partial charge in [0.15, 0.2) is 0 Å². The number of halogens is 2. The Hall–Kier alpha value is -2.44. The third kappa shape index (κ3) is 4.20. The van der Waals surface area contributed by atoms with Crippen LogP contribution in [0.5, 0.6) is 0 Å². The molecule has 0 aliphatic rings. The highest BCUT2D eigenvalue weighted by Crippen LogP contribution is 2.24. The molecule has 0 saturated carbocycles. The van der Waals surface area contributed by atoms with E-state index in [1.54, 1.807) is 36.4 Å². The van der Waals surface area contributed by atoms with Gasteiger partial charge >= 0.3 is 0 Å². The Kier molecular flexibility index (Phi) is 5.85. The van der Waals surface area contributed by atoms with Crippen molar-refractivity contribution < 1.29 is 9.59 Å². The molecule has 3 aromatic rings. The van der Waals surface area contributed by atoms with Gasteiger partial charge < -0.3 is 10.6 Å². The topological polar surface area (TPSA) is 58.2 Å². The Bertz CT molecular complexity index is 895. The smallest absolute Gasteiger partial charge is 0.256 e. The molecule has 0 atom stereocenters. The van der Waals surface area contributed by atoms with Crippen molar-refractivity contribution in [3.63, 3.8) is 0 Å². The molecule has 6 heteroatoms. The molecule has 0 bridgehead atoms. The second kappa shape index (κ2) is 8.29. The Labute approximate surface area is 167 Å². The molecule has 2 N–H and O–H groups in total. The van der Waals surface area contributed by atoms with E-state index in [9.17, 15) is 9.59 Å². The molecular formula is C20H14Br2N2O2. The van der Waals surface area contributed by atoms with E-state index in [0.717, 1.165) is 8.95 Å². The van der Waals surface area contributed by atoms with E-state index < -0.39 is 0 Å². The molecule has 4 nitrogen and oxygen atoms in total. The van der Waals surface area contributed by atoms with Gasteiger partial charge in [0.05, 0.1) is 22.5 Å². The van der Waals surface area contributed by atoms with Crippen LogP contribution in [0.2, 0.25) is 0 Å². The average molecular weight is 474 g/mol. The van der Waals surface area contributed by atoms with E-state index in [1.165, 1.54) is 0 Å². The summed E-state index contributed by atoms with van der Waals surface area (Å²) in [4.78, 5) is 25.4. The zero-order chi connectivity index (χ0) is 18.5. The third-order valence-electron chi connectivity index (χ3n) is 3.66. The molecule has 0 saturated heterocycles. The molecule has 0 aliphatic carbocycles. The number of carbonyl (C=O) groups excluding carboxylic acids is 2. The van der Waals surface area contributed by atoms with Crippen LogP contribution < -0.4 is 10.6 Å². The molecule has 3 rings (SSSR count). The van der Waals surface area contributed by atoms with Gasteiger partial charge in [-0.05, 0) is 68.3 Å². The van der Waals surface area contributed by atoms with Crippen LogP contribution in [-0.4, -0.2) is 11.8 Å². The van der Waals surface area contributed by atoms with Crippen molar-refractivity contribution in [2.45, 2.75) is 0 Å². The highest BCUT2D eigenvalue weighted by atomic mass is 79.9. The fourth-order valence-corrected chi connectivity index (χ4v) is 3.15. The zero-order valence-corrected chi connectivity index (χ0v) is 16.7. The normalized spacial score (nSPS) is 10.2. The van der Waals surface area contributed by atoms with Gasteiger partial charge in [-0.1, -0.05) is 36.4 Å². The van der Waals surface area contributed by atoms with Gasteiger partial charge in [-0.25, -0.2) is 0 Å². The molecule has 0 unspecified atom stereocenters. The molecule has 3 aromatic carbocycles. The largest absolute Gasteiger partial charge is 0.321 e. The summed E-state index contributed by atoms with van der Waals surface area (Å²) in [6, 6.07) is 21.3. The zero-order valence-electron chi connectivity index (χ0n) is 13.5. The lowest BCUT2D eigenvalue weighted by molar-refractivity contribution is 0.0990. The lowest BCUT2D eigenvalue weighted by atomic mass is 10.1. The van der Waals surface area contributed by atoms with Gasteiger partial charge in [-0.15, -0.1) is 0 Å². The van der Waals surface area contributed by atoms with Crippen molar-refractivity contribution in [2.24, 2.45) is 0 Å². The molecule has 26 heavy (non-hydrogen) atoms. The molecule has 0 aliphatic heterocycles. The van der Waals surface area contributed by atoms with E-state index in [-0.39, 0.29) is 11.8 Å². The summed E-state index contributed by atoms with van der Waals surface area (Å²) in [5.74, 6) is -0.704. The predicted octanol–water partition coefficient (Wildman–Crippen LogP) is 5.72. The Morgan fingerprint density at radius 3 is 1.31 bits per heavy atom. The minimum Gasteiger partial charge on any atom is -0.321 e. The van der Waals surface area contributed by atoms with Crippen LogP contribution in [-0.2, 0) is 0 Å². The monoisotopic (exact) mass is 472 g/mol. The minimum absolute atomic E-state index is 0.299. The predicted molar refractivity (Wildman–Crippen MR) is 111 cm³/mol. The maximum Gasteiger partial charge on any atom is 0.256 e. The summed E-state index contributed by atoms with van der Waals surface area (Å²) in [5.41, 5.74) is 1.87. The first-order valence-corrected chi connectivity index (χ1v) is 9.35. The van der Waals surface area contributed by atoms with Crippen LogP contribution in [0, 0.1) is 0 Å². The number of benzene rings is 3. The summed E-state index contributed by atoms with van der Waals surface area (Å²) in [7, 11) is 0. The molecule has 0 heterocycles. The number of carbonyl (C=O) groups is 2. The van der Waals surface area contributed by atoms with Crippen LogP contribution in [0.1, 0.15) is 20.7 Å². The number of hydrogen-bond donors (Lipinski definition) is 2. The van der Waals surface area contributed by atoms with Gasteiger partial charge in [0.25, 0.3) is 11.8 Å². The van der Waals surface area contributed by atoms with Crippen LogP contribution in [0.25, 0.3) is 0 Å². The molecule has 0 radical (unpaired) electrons. The summed E-state index contributed by atoms with van der Waals surface area (Å²) in [6.45, 7) is 0. The standard InChI is InChI=1S/C20H14Br2N2O2/c21-15-9-3-5-11-17(15)23-19(25)13-7-1-2-8-14(13)20(26)24-18-12-6-4-10-16(18)22/h1-12H,(H,23,25)(H,24,26). The number of nitrogens with one attached hydrogen (secondary N) is 2. The molecule has 0 fully saturated rings. The summed E-state index contributed by atoms with van der Waals surface area (Å²) < 4.78 is 1.53. The van der Waals surface area contributed by atoms with Crippen molar-refractivity contribution in [2.75, 3.05) is 10.6 Å². The van der Waals surface area contributed by atoms with Crippen LogP contribution >= 0.6 is 31.9 Å². The quantitative estimate of drug-likeness (QED) is 0.509. The SMILES string of the molecule is O=C(Nc1ccccc1Br)c1ccccc1C(=O)Nc1ccccc1Br. The molecule has 0 spiro atoms. The molecule has 130 valence electrons.